The molecule has 2 heterocycles. The van der Waals surface area contributed by atoms with Gasteiger partial charge in [0, 0.05) is 17.5 Å². The number of aromatic amines is 1. The Morgan fingerprint density at radius 2 is 2.44 bits per heavy atom. The van der Waals surface area contributed by atoms with Gasteiger partial charge in [0.25, 0.3) is 0 Å². The molecular weight excluding hydrogens is 242 g/mol. The lowest BCUT2D eigenvalue weighted by molar-refractivity contribution is 0.417. The summed E-state index contributed by atoms with van der Waals surface area (Å²) in [5, 5.41) is 9.14. The third kappa shape index (κ3) is 1.58. The largest absolute Gasteiger partial charge is 0.496 e. The van der Waals surface area contributed by atoms with E-state index in [1.807, 2.05) is 11.4 Å². The first kappa shape index (κ1) is 10.0. The van der Waals surface area contributed by atoms with Gasteiger partial charge in [-0.25, -0.2) is 0 Å². The van der Waals surface area contributed by atoms with E-state index in [1.165, 1.54) is 12.8 Å². The number of aromatic nitrogens is 3. The molecule has 0 bridgehead atoms. The molecule has 1 aliphatic rings. The van der Waals surface area contributed by atoms with Gasteiger partial charge in [0.2, 0.25) is 0 Å². The molecular formula is C10H11N3OS2. The Morgan fingerprint density at radius 1 is 1.62 bits per heavy atom. The van der Waals surface area contributed by atoms with Crippen LogP contribution in [0.15, 0.2) is 11.4 Å². The minimum absolute atomic E-state index is 0.536. The number of rotatable bonds is 3. The molecule has 6 heteroatoms. The van der Waals surface area contributed by atoms with E-state index in [-0.39, 0.29) is 0 Å². The molecule has 2 aromatic rings. The monoisotopic (exact) mass is 253 g/mol. The summed E-state index contributed by atoms with van der Waals surface area (Å²) in [7, 11) is 1.67. The van der Waals surface area contributed by atoms with Crippen molar-refractivity contribution in [2.75, 3.05) is 7.11 Å². The Morgan fingerprint density at radius 3 is 3.06 bits per heavy atom. The Kier molecular flexibility index (Phi) is 2.33. The van der Waals surface area contributed by atoms with Gasteiger partial charge in [0.05, 0.1) is 12.0 Å². The molecule has 1 fully saturated rings. The fraction of sp³-hybridized carbons (Fsp3) is 0.400. The van der Waals surface area contributed by atoms with Crippen molar-refractivity contribution in [3.05, 3.63) is 16.2 Å². The van der Waals surface area contributed by atoms with Crippen LogP contribution in [0.3, 0.4) is 0 Å². The van der Waals surface area contributed by atoms with Gasteiger partial charge in [-0.15, -0.1) is 11.3 Å². The number of thiophene rings is 1. The van der Waals surface area contributed by atoms with Crippen LogP contribution in [0.25, 0.3) is 10.7 Å². The highest BCUT2D eigenvalue weighted by molar-refractivity contribution is 7.71. The number of H-pyrrole nitrogens is 1. The third-order valence-corrected chi connectivity index (χ3v) is 3.84. The van der Waals surface area contributed by atoms with E-state index >= 15 is 0 Å². The Hall–Kier alpha value is -1.14. The van der Waals surface area contributed by atoms with Crippen LogP contribution in [-0.4, -0.2) is 21.9 Å². The number of ether oxygens (including phenoxy) is 1. The number of methoxy groups -OCH3 is 1. The molecule has 2 aromatic heterocycles. The first-order valence-electron chi connectivity index (χ1n) is 5.09. The fourth-order valence-electron chi connectivity index (χ4n) is 1.69. The van der Waals surface area contributed by atoms with Gasteiger partial charge in [-0.05, 0) is 25.1 Å². The van der Waals surface area contributed by atoms with Gasteiger partial charge < -0.3 is 4.74 Å². The van der Waals surface area contributed by atoms with Gasteiger partial charge in [0.15, 0.2) is 10.6 Å². The molecule has 0 aliphatic heterocycles. The summed E-state index contributed by atoms with van der Waals surface area (Å²) in [5.74, 6) is 1.80. The van der Waals surface area contributed by atoms with Gasteiger partial charge in [-0.3, -0.25) is 9.67 Å². The molecule has 1 saturated carbocycles. The van der Waals surface area contributed by atoms with Crippen LogP contribution in [0.2, 0.25) is 0 Å². The highest BCUT2D eigenvalue weighted by atomic mass is 32.1. The summed E-state index contributed by atoms with van der Waals surface area (Å²) < 4.78 is 8.00. The number of hydrogen-bond acceptors (Lipinski definition) is 4. The minimum atomic E-state index is 0.536. The smallest absolute Gasteiger partial charge is 0.195 e. The van der Waals surface area contributed by atoms with Crippen molar-refractivity contribution in [1.29, 1.82) is 0 Å². The van der Waals surface area contributed by atoms with Crippen LogP contribution in [0, 0.1) is 4.77 Å². The quantitative estimate of drug-likeness (QED) is 0.855. The van der Waals surface area contributed by atoms with Crippen molar-refractivity contribution in [3.8, 4) is 16.5 Å². The molecule has 1 N–H and O–H groups in total. The van der Waals surface area contributed by atoms with Crippen LogP contribution in [0.5, 0.6) is 5.75 Å². The number of nitrogens with zero attached hydrogens (tertiary/aromatic N) is 2. The normalized spacial score (nSPS) is 15.3. The second-order valence-corrected chi connectivity index (χ2v) is 5.10. The first-order chi connectivity index (χ1) is 7.79. The number of hydrogen-bond donors (Lipinski definition) is 1. The zero-order chi connectivity index (χ0) is 11.1. The molecule has 1 aliphatic carbocycles. The van der Waals surface area contributed by atoms with E-state index in [0.717, 1.165) is 16.5 Å². The van der Waals surface area contributed by atoms with Crippen molar-refractivity contribution in [2.24, 2.45) is 0 Å². The van der Waals surface area contributed by atoms with Crippen molar-refractivity contribution in [1.82, 2.24) is 14.8 Å². The molecule has 3 rings (SSSR count). The Bertz CT molecular complexity index is 565. The molecule has 84 valence electrons. The second kappa shape index (κ2) is 3.71. The molecule has 0 saturated heterocycles. The predicted octanol–water partition coefficient (Wildman–Crippen LogP) is 3.01. The SMILES string of the molecule is COc1csc(-c2n[nH]c(=S)n2C2CC2)c1. The number of nitrogens with one attached hydrogen (secondary N) is 1. The van der Waals surface area contributed by atoms with Crippen LogP contribution in [-0.2, 0) is 0 Å². The molecule has 0 spiro atoms. The van der Waals surface area contributed by atoms with Crippen LogP contribution in [0.4, 0.5) is 0 Å². The Balaban J connectivity index is 2.08. The molecule has 4 nitrogen and oxygen atoms in total. The summed E-state index contributed by atoms with van der Waals surface area (Å²) in [6.07, 6.45) is 2.40. The summed E-state index contributed by atoms with van der Waals surface area (Å²) in [6.45, 7) is 0. The summed E-state index contributed by atoms with van der Waals surface area (Å²) >= 11 is 6.87. The highest BCUT2D eigenvalue weighted by Gasteiger charge is 2.28. The fourth-order valence-corrected chi connectivity index (χ4v) is 2.82. The average Bonchev–Trinajstić information content (AvgIpc) is 2.88. The molecule has 0 unspecified atom stereocenters. The van der Waals surface area contributed by atoms with Crippen LogP contribution in [0.1, 0.15) is 18.9 Å². The standard InChI is InChI=1S/C10H11N3OS2/c1-14-7-4-8(16-5-7)9-11-12-10(15)13(9)6-2-3-6/h4-6H,2-3H2,1H3,(H,12,15). The van der Waals surface area contributed by atoms with E-state index in [4.69, 9.17) is 17.0 Å². The maximum absolute atomic E-state index is 5.24. The van der Waals surface area contributed by atoms with Gasteiger partial charge >= 0.3 is 0 Å². The Labute approximate surface area is 102 Å². The van der Waals surface area contributed by atoms with Crippen molar-refractivity contribution < 1.29 is 4.74 Å². The lowest BCUT2D eigenvalue weighted by atomic mass is 10.4. The maximum Gasteiger partial charge on any atom is 0.195 e. The first-order valence-corrected chi connectivity index (χ1v) is 6.38. The lowest BCUT2D eigenvalue weighted by Crippen LogP contribution is -1.96. The van der Waals surface area contributed by atoms with Crippen molar-refractivity contribution in [3.63, 3.8) is 0 Å². The minimum Gasteiger partial charge on any atom is -0.496 e. The van der Waals surface area contributed by atoms with E-state index in [0.29, 0.717) is 10.8 Å². The molecule has 0 amide bonds. The topological polar surface area (TPSA) is 42.8 Å². The predicted molar refractivity (Wildman–Crippen MR) is 65.5 cm³/mol. The van der Waals surface area contributed by atoms with Crippen molar-refractivity contribution in [2.45, 2.75) is 18.9 Å². The summed E-state index contributed by atoms with van der Waals surface area (Å²) in [6, 6.07) is 2.53. The lowest BCUT2D eigenvalue weighted by Gasteiger charge is -2.01. The van der Waals surface area contributed by atoms with E-state index in [1.54, 1.807) is 18.4 Å². The zero-order valence-corrected chi connectivity index (χ0v) is 10.4. The summed E-state index contributed by atoms with van der Waals surface area (Å²) in [5.41, 5.74) is 0. The highest BCUT2D eigenvalue weighted by Crippen LogP contribution is 2.39. The van der Waals surface area contributed by atoms with Gasteiger partial charge in [-0.1, -0.05) is 0 Å². The van der Waals surface area contributed by atoms with Crippen LogP contribution < -0.4 is 4.74 Å². The molecule has 0 radical (unpaired) electrons. The van der Waals surface area contributed by atoms with E-state index < -0.39 is 0 Å². The van der Waals surface area contributed by atoms with E-state index in [9.17, 15) is 0 Å². The van der Waals surface area contributed by atoms with Crippen LogP contribution >= 0.6 is 23.6 Å². The second-order valence-electron chi connectivity index (χ2n) is 3.80. The van der Waals surface area contributed by atoms with Crippen molar-refractivity contribution >= 4 is 23.6 Å². The van der Waals surface area contributed by atoms with E-state index in [2.05, 4.69) is 14.8 Å². The summed E-state index contributed by atoms with van der Waals surface area (Å²) in [4.78, 5) is 1.09. The maximum atomic E-state index is 5.24. The zero-order valence-electron chi connectivity index (χ0n) is 8.77. The molecule has 16 heavy (non-hydrogen) atoms. The molecule has 0 aromatic carbocycles. The van der Waals surface area contributed by atoms with Gasteiger partial charge in [-0.2, -0.15) is 5.10 Å². The molecule has 0 atom stereocenters. The third-order valence-electron chi connectivity index (χ3n) is 2.65. The van der Waals surface area contributed by atoms with Gasteiger partial charge in [0.1, 0.15) is 5.75 Å². The average molecular weight is 253 g/mol.